The summed E-state index contributed by atoms with van der Waals surface area (Å²) in [5, 5.41) is 11.8. The van der Waals surface area contributed by atoms with Gasteiger partial charge in [-0.3, -0.25) is 4.79 Å². The molecule has 0 radical (unpaired) electrons. The molecule has 1 aromatic heterocycles. The third-order valence-corrected chi connectivity index (χ3v) is 7.25. The molecule has 8 nitrogen and oxygen atoms in total. The van der Waals surface area contributed by atoms with Crippen molar-refractivity contribution in [2.24, 2.45) is 4.99 Å². The highest BCUT2D eigenvalue weighted by Gasteiger charge is 2.21. The van der Waals surface area contributed by atoms with Gasteiger partial charge in [0.15, 0.2) is 5.88 Å². The molecule has 1 amide bonds. The standard InChI is InChI=1S/C36H36N4O4/c1-4-44-36(43)27-15-20-30-31(24-27)38-35(42)33(30)34(26-13-9-6-10-14-26)37-28-16-18-29(19-17-28)40(22-21-39(2)3)32(41)23-25-11-7-5-8-12-25/h5-20,24,38,42H,4,21-23H2,1-3H3. The van der Waals surface area contributed by atoms with Crippen LogP contribution in [0.2, 0.25) is 0 Å². The number of carbonyl (C=O) groups is 2. The van der Waals surface area contributed by atoms with Crippen LogP contribution in [0.1, 0.15) is 34.0 Å². The van der Waals surface area contributed by atoms with Crippen LogP contribution >= 0.6 is 0 Å². The highest BCUT2D eigenvalue weighted by molar-refractivity contribution is 6.22. The van der Waals surface area contributed by atoms with Gasteiger partial charge in [0.1, 0.15) is 0 Å². The van der Waals surface area contributed by atoms with Gasteiger partial charge in [-0.05, 0) is 63.0 Å². The first-order valence-electron chi connectivity index (χ1n) is 14.6. The lowest BCUT2D eigenvalue weighted by Crippen LogP contribution is -2.37. The summed E-state index contributed by atoms with van der Waals surface area (Å²) in [5.74, 6) is -0.462. The van der Waals surface area contributed by atoms with Crippen LogP contribution < -0.4 is 4.90 Å². The second-order valence-corrected chi connectivity index (χ2v) is 10.7. The van der Waals surface area contributed by atoms with Crippen molar-refractivity contribution >= 4 is 39.9 Å². The van der Waals surface area contributed by atoms with Gasteiger partial charge in [0.25, 0.3) is 0 Å². The van der Waals surface area contributed by atoms with E-state index >= 15 is 0 Å². The zero-order chi connectivity index (χ0) is 31.1. The highest BCUT2D eigenvalue weighted by Crippen LogP contribution is 2.32. The Morgan fingerprint density at radius 3 is 2.18 bits per heavy atom. The summed E-state index contributed by atoms with van der Waals surface area (Å²) in [7, 11) is 3.97. The van der Waals surface area contributed by atoms with Gasteiger partial charge >= 0.3 is 5.97 Å². The number of hydrogen-bond donors (Lipinski definition) is 2. The molecular formula is C36H36N4O4. The molecule has 0 saturated heterocycles. The predicted molar refractivity (Wildman–Crippen MR) is 175 cm³/mol. The van der Waals surface area contributed by atoms with Gasteiger partial charge in [-0.1, -0.05) is 66.7 Å². The second kappa shape index (κ2) is 13.8. The number of esters is 1. The molecule has 0 spiro atoms. The number of hydrogen-bond acceptors (Lipinski definition) is 6. The lowest BCUT2D eigenvalue weighted by Gasteiger charge is -2.25. The number of H-pyrrole nitrogens is 1. The van der Waals surface area contributed by atoms with Crippen molar-refractivity contribution in [3.63, 3.8) is 0 Å². The number of benzene rings is 4. The number of ether oxygens (including phenoxy) is 1. The van der Waals surface area contributed by atoms with Gasteiger partial charge in [-0.2, -0.15) is 0 Å². The number of amides is 1. The highest BCUT2D eigenvalue weighted by atomic mass is 16.5. The fraction of sp³-hybridized carbons (Fsp3) is 0.194. The molecule has 0 aliphatic heterocycles. The topological polar surface area (TPSA) is 98.2 Å². The zero-order valence-electron chi connectivity index (χ0n) is 25.2. The summed E-state index contributed by atoms with van der Waals surface area (Å²) in [4.78, 5) is 37.6. The van der Waals surface area contributed by atoms with Crippen LogP contribution in [0.5, 0.6) is 5.88 Å². The van der Waals surface area contributed by atoms with E-state index in [1.165, 1.54) is 0 Å². The van der Waals surface area contributed by atoms with Gasteiger partial charge in [0, 0.05) is 35.2 Å². The Morgan fingerprint density at radius 2 is 1.52 bits per heavy atom. The van der Waals surface area contributed by atoms with E-state index in [0.29, 0.717) is 41.0 Å². The molecule has 0 fully saturated rings. The zero-order valence-corrected chi connectivity index (χ0v) is 25.2. The van der Waals surface area contributed by atoms with Crippen molar-refractivity contribution in [3.05, 3.63) is 125 Å². The molecule has 2 N–H and O–H groups in total. The molecule has 0 aliphatic carbocycles. The number of aromatic amines is 1. The molecule has 44 heavy (non-hydrogen) atoms. The average Bonchev–Trinajstić information content (AvgIpc) is 3.36. The minimum Gasteiger partial charge on any atom is -0.494 e. The van der Waals surface area contributed by atoms with Crippen LogP contribution in [0.15, 0.2) is 108 Å². The molecule has 5 aromatic rings. The Labute approximate surface area is 257 Å². The molecular weight excluding hydrogens is 552 g/mol. The molecule has 0 saturated carbocycles. The van der Waals surface area contributed by atoms with E-state index in [9.17, 15) is 14.7 Å². The number of carbonyl (C=O) groups excluding carboxylic acids is 2. The number of rotatable bonds is 11. The van der Waals surface area contributed by atoms with Crippen LogP contribution in [0.4, 0.5) is 11.4 Å². The first-order chi connectivity index (χ1) is 21.3. The van der Waals surface area contributed by atoms with Crippen LogP contribution in [-0.2, 0) is 16.0 Å². The van der Waals surface area contributed by atoms with Crippen LogP contribution in [-0.4, -0.2) is 66.4 Å². The number of aromatic nitrogens is 1. The molecule has 0 unspecified atom stereocenters. The third kappa shape index (κ3) is 7.04. The maximum absolute atomic E-state index is 13.4. The van der Waals surface area contributed by atoms with Gasteiger partial charge in [-0.25, -0.2) is 9.79 Å². The van der Waals surface area contributed by atoms with E-state index < -0.39 is 5.97 Å². The van der Waals surface area contributed by atoms with E-state index in [1.807, 2.05) is 104 Å². The van der Waals surface area contributed by atoms with E-state index in [1.54, 1.807) is 25.1 Å². The Balaban J connectivity index is 1.51. The van der Waals surface area contributed by atoms with Crippen LogP contribution in [0, 0.1) is 0 Å². The normalized spacial score (nSPS) is 11.6. The Hall–Kier alpha value is -5.21. The van der Waals surface area contributed by atoms with Gasteiger partial charge < -0.3 is 24.6 Å². The summed E-state index contributed by atoms with van der Waals surface area (Å²) in [6.07, 6.45) is 0.310. The molecule has 5 rings (SSSR count). The average molecular weight is 589 g/mol. The molecule has 0 aliphatic rings. The first kappa shape index (κ1) is 30.3. The van der Waals surface area contributed by atoms with Gasteiger partial charge in [0.05, 0.1) is 35.6 Å². The smallest absolute Gasteiger partial charge is 0.338 e. The maximum Gasteiger partial charge on any atom is 0.338 e. The molecule has 224 valence electrons. The number of nitrogens with one attached hydrogen (secondary N) is 1. The fourth-order valence-electron chi connectivity index (χ4n) is 5.03. The molecule has 0 bridgehead atoms. The van der Waals surface area contributed by atoms with Crippen molar-refractivity contribution in [3.8, 4) is 5.88 Å². The van der Waals surface area contributed by atoms with Crippen molar-refractivity contribution in [1.29, 1.82) is 0 Å². The number of aromatic hydroxyl groups is 1. The summed E-state index contributed by atoms with van der Waals surface area (Å²) in [6.45, 7) is 3.30. The van der Waals surface area contributed by atoms with Crippen molar-refractivity contribution in [2.45, 2.75) is 13.3 Å². The lowest BCUT2D eigenvalue weighted by atomic mass is 10.00. The maximum atomic E-state index is 13.4. The number of fused-ring (bicyclic) bond motifs is 1. The van der Waals surface area contributed by atoms with E-state index in [2.05, 4.69) is 9.88 Å². The monoisotopic (exact) mass is 588 g/mol. The molecule has 1 heterocycles. The SMILES string of the molecule is CCOC(=O)c1ccc2c(C(=Nc3ccc(N(CCN(C)C)C(=O)Cc4ccccc4)cc3)c3ccccc3)c(O)[nH]c2c1. The minimum absolute atomic E-state index is 0.0187. The quantitative estimate of drug-likeness (QED) is 0.138. The first-order valence-corrected chi connectivity index (χ1v) is 14.6. The Kier molecular flexibility index (Phi) is 9.52. The summed E-state index contributed by atoms with van der Waals surface area (Å²) in [6, 6.07) is 32.1. The lowest BCUT2D eigenvalue weighted by molar-refractivity contribution is -0.118. The molecule has 4 aromatic carbocycles. The largest absolute Gasteiger partial charge is 0.494 e. The fourth-order valence-corrected chi connectivity index (χ4v) is 5.03. The third-order valence-electron chi connectivity index (χ3n) is 7.25. The number of anilines is 1. The minimum atomic E-state index is -0.427. The second-order valence-electron chi connectivity index (χ2n) is 10.7. The Bertz CT molecular complexity index is 1760. The number of likely N-dealkylation sites (N-methyl/N-ethyl adjacent to an activating group) is 1. The van der Waals surface area contributed by atoms with Crippen LogP contribution in [0.3, 0.4) is 0 Å². The van der Waals surface area contributed by atoms with Crippen molar-refractivity contribution in [1.82, 2.24) is 9.88 Å². The van der Waals surface area contributed by atoms with Gasteiger partial charge in [0.2, 0.25) is 5.91 Å². The summed E-state index contributed by atoms with van der Waals surface area (Å²) in [5.41, 5.74) is 5.30. The Morgan fingerprint density at radius 1 is 0.841 bits per heavy atom. The van der Waals surface area contributed by atoms with E-state index in [4.69, 9.17) is 9.73 Å². The number of aliphatic imine (C=N–C) groups is 1. The molecule has 0 atom stereocenters. The van der Waals surface area contributed by atoms with E-state index in [-0.39, 0.29) is 18.4 Å². The van der Waals surface area contributed by atoms with Gasteiger partial charge in [-0.15, -0.1) is 0 Å². The molecule has 8 heteroatoms. The van der Waals surface area contributed by atoms with Crippen molar-refractivity contribution in [2.75, 3.05) is 38.7 Å². The van der Waals surface area contributed by atoms with E-state index in [0.717, 1.165) is 28.7 Å². The predicted octanol–water partition coefficient (Wildman–Crippen LogP) is 6.36. The summed E-state index contributed by atoms with van der Waals surface area (Å²) < 4.78 is 5.14. The van der Waals surface area contributed by atoms with Crippen molar-refractivity contribution < 1.29 is 19.4 Å². The summed E-state index contributed by atoms with van der Waals surface area (Å²) >= 11 is 0. The van der Waals surface area contributed by atoms with Crippen LogP contribution in [0.25, 0.3) is 10.9 Å². The number of nitrogens with zero attached hydrogens (tertiary/aromatic N) is 3.